The Bertz CT molecular complexity index is 703. The van der Waals surface area contributed by atoms with Crippen molar-refractivity contribution < 1.29 is 4.74 Å². The van der Waals surface area contributed by atoms with E-state index in [-0.39, 0.29) is 0 Å². The number of ether oxygens (including phenoxy) is 1. The fraction of sp³-hybridized carbons (Fsp3) is 0.250. The lowest BCUT2D eigenvalue weighted by Crippen LogP contribution is -2.22. The van der Waals surface area contributed by atoms with Gasteiger partial charge in [0.2, 0.25) is 0 Å². The van der Waals surface area contributed by atoms with E-state index in [0.29, 0.717) is 23.3 Å². The minimum Gasteiger partial charge on any atom is -0.495 e. The third-order valence-electron chi connectivity index (χ3n) is 3.09. The van der Waals surface area contributed by atoms with Crippen molar-refractivity contribution >= 4 is 29.1 Å². The summed E-state index contributed by atoms with van der Waals surface area (Å²) in [7, 11) is 5.45. The summed E-state index contributed by atoms with van der Waals surface area (Å²) in [4.78, 5) is 10.7. The maximum absolute atomic E-state index is 6.07. The molecule has 7 heteroatoms. The Morgan fingerprint density at radius 2 is 2.13 bits per heavy atom. The summed E-state index contributed by atoms with van der Waals surface area (Å²) in [5.41, 5.74) is 7.48. The molecule has 0 unspecified atom stereocenters. The molecule has 0 aliphatic carbocycles. The van der Waals surface area contributed by atoms with E-state index in [0.717, 1.165) is 17.2 Å². The first-order valence-corrected chi connectivity index (χ1v) is 7.41. The first-order valence-electron chi connectivity index (χ1n) is 7.03. The standard InChI is InChI=1S/C16H20ClN5O/c1-22(2)15-6-4-5-12(20-15)10-19-16(18)21-11-7-8-14(23-3)13(17)9-11/h4-9H,10H2,1-3H3,(H3,18,19,21). The number of rotatable bonds is 5. The summed E-state index contributed by atoms with van der Waals surface area (Å²) in [6, 6.07) is 11.1. The Morgan fingerprint density at radius 1 is 1.35 bits per heavy atom. The number of aromatic nitrogens is 1. The second kappa shape index (κ2) is 7.69. The summed E-state index contributed by atoms with van der Waals surface area (Å²) < 4.78 is 5.11. The third kappa shape index (κ3) is 4.75. The lowest BCUT2D eigenvalue weighted by atomic mass is 10.3. The number of hydrogen-bond acceptors (Lipinski definition) is 4. The number of benzene rings is 1. The van der Waals surface area contributed by atoms with Crippen LogP contribution in [-0.2, 0) is 6.54 Å². The molecule has 0 aliphatic heterocycles. The first-order chi connectivity index (χ1) is 11.0. The Labute approximate surface area is 140 Å². The van der Waals surface area contributed by atoms with E-state index in [2.05, 4.69) is 15.3 Å². The third-order valence-corrected chi connectivity index (χ3v) is 3.38. The molecular weight excluding hydrogens is 314 g/mol. The fourth-order valence-electron chi connectivity index (χ4n) is 1.90. The minimum atomic E-state index is 0.295. The van der Waals surface area contributed by atoms with E-state index >= 15 is 0 Å². The number of guanidine groups is 1. The van der Waals surface area contributed by atoms with E-state index < -0.39 is 0 Å². The molecule has 0 aliphatic rings. The van der Waals surface area contributed by atoms with Gasteiger partial charge in [-0.05, 0) is 30.3 Å². The summed E-state index contributed by atoms with van der Waals surface area (Å²) in [5, 5.41) is 3.50. The minimum absolute atomic E-state index is 0.295. The molecule has 0 fully saturated rings. The molecule has 0 atom stereocenters. The number of aliphatic imine (C=N–C) groups is 1. The van der Waals surface area contributed by atoms with Crippen LogP contribution in [0.1, 0.15) is 5.69 Å². The monoisotopic (exact) mass is 333 g/mol. The smallest absolute Gasteiger partial charge is 0.193 e. The van der Waals surface area contributed by atoms with Gasteiger partial charge in [-0.1, -0.05) is 17.7 Å². The topological polar surface area (TPSA) is 75.8 Å². The second-order valence-corrected chi connectivity index (χ2v) is 5.46. The van der Waals surface area contributed by atoms with Gasteiger partial charge in [-0.25, -0.2) is 9.98 Å². The van der Waals surface area contributed by atoms with Gasteiger partial charge in [-0.15, -0.1) is 0 Å². The maximum atomic E-state index is 6.07. The molecule has 0 radical (unpaired) electrons. The van der Waals surface area contributed by atoms with E-state index in [1.54, 1.807) is 19.2 Å². The molecule has 2 aromatic rings. The zero-order valence-electron chi connectivity index (χ0n) is 13.4. The van der Waals surface area contributed by atoms with Crippen molar-refractivity contribution in [2.75, 3.05) is 31.4 Å². The Morgan fingerprint density at radius 3 is 2.78 bits per heavy atom. The molecule has 6 nitrogen and oxygen atoms in total. The zero-order valence-corrected chi connectivity index (χ0v) is 14.1. The molecule has 23 heavy (non-hydrogen) atoms. The second-order valence-electron chi connectivity index (χ2n) is 5.06. The van der Waals surface area contributed by atoms with E-state index in [1.807, 2.05) is 43.3 Å². The fourth-order valence-corrected chi connectivity index (χ4v) is 2.16. The van der Waals surface area contributed by atoms with Crippen molar-refractivity contribution in [2.24, 2.45) is 10.7 Å². The number of methoxy groups -OCH3 is 1. The average molecular weight is 334 g/mol. The van der Waals surface area contributed by atoms with Crippen molar-refractivity contribution in [3.05, 3.63) is 47.1 Å². The highest BCUT2D eigenvalue weighted by Crippen LogP contribution is 2.27. The molecule has 1 heterocycles. The predicted molar refractivity (Wildman–Crippen MR) is 95.5 cm³/mol. The summed E-state index contributed by atoms with van der Waals surface area (Å²) in [6.45, 7) is 0.393. The van der Waals surface area contributed by atoms with Crippen molar-refractivity contribution in [3.8, 4) is 5.75 Å². The van der Waals surface area contributed by atoms with Gasteiger partial charge in [0.05, 0.1) is 24.4 Å². The number of pyridine rings is 1. The normalized spacial score (nSPS) is 11.2. The zero-order chi connectivity index (χ0) is 16.8. The average Bonchev–Trinajstić information content (AvgIpc) is 2.53. The van der Waals surface area contributed by atoms with Crippen molar-refractivity contribution in [1.29, 1.82) is 0 Å². The van der Waals surface area contributed by atoms with Crippen LogP contribution in [-0.4, -0.2) is 32.1 Å². The van der Waals surface area contributed by atoms with Gasteiger partial charge in [-0.3, -0.25) is 0 Å². The number of hydrogen-bond donors (Lipinski definition) is 2. The summed E-state index contributed by atoms with van der Waals surface area (Å²) in [5.74, 6) is 1.78. The van der Waals surface area contributed by atoms with Crippen LogP contribution < -0.4 is 20.7 Å². The lowest BCUT2D eigenvalue weighted by molar-refractivity contribution is 0.415. The van der Waals surface area contributed by atoms with Crippen molar-refractivity contribution in [2.45, 2.75) is 6.54 Å². The molecule has 122 valence electrons. The van der Waals surface area contributed by atoms with E-state index in [9.17, 15) is 0 Å². The molecule has 3 N–H and O–H groups in total. The van der Waals surface area contributed by atoms with Crippen LogP contribution in [0.5, 0.6) is 5.75 Å². The van der Waals surface area contributed by atoms with Crippen LogP contribution in [0.3, 0.4) is 0 Å². The molecule has 0 saturated heterocycles. The van der Waals surface area contributed by atoms with Gasteiger partial charge in [0, 0.05) is 19.8 Å². The van der Waals surface area contributed by atoms with Crippen LogP contribution in [0.4, 0.5) is 11.5 Å². The maximum Gasteiger partial charge on any atom is 0.193 e. The summed E-state index contributed by atoms with van der Waals surface area (Å²) in [6.07, 6.45) is 0. The Balaban J connectivity index is 2.03. The number of nitrogens with zero attached hydrogens (tertiary/aromatic N) is 3. The molecule has 2 rings (SSSR count). The van der Waals surface area contributed by atoms with Crippen LogP contribution >= 0.6 is 11.6 Å². The van der Waals surface area contributed by atoms with Gasteiger partial charge >= 0.3 is 0 Å². The molecule has 0 saturated carbocycles. The number of halogens is 1. The van der Waals surface area contributed by atoms with Gasteiger partial charge < -0.3 is 20.7 Å². The van der Waals surface area contributed by atoms with Gasteiger partial charge in [-0.2, -0.15) is 0 Å². The van der Waals surface area contributed by atoms with Crippen molar-refractivity contribution in [3.63, 3.8) is 0 Å². The van der Waals surface area contributed by atoms with E-state index in [1.165, 1.54) is 0 Å². The van der Waals surface area contributed by atoms with Crippen LogP contribution in [0, 0.1) is 0 Å². The number of nitrogens with two attached hydrogens (primary N) is 1. The molecule has 1 aromatic heterocycles. The quantitative estimate of drug-likeness (QED) is 0.650. The van der Waals surface area contributed by atoms with Crippen LogP contribution in [0.25, 0.3) is 0 Å². The van der Waals surface area contributed by atoms with Crippen LogP contribution in [0.2, 0.25) is 5.02 Å². The highest BCUT2D eigenvalue weighted by molar-refractivity contribution is 6.32. The Hall–Kier alpha value is -2.47. The number of nitrogens with one attached hydrogen (secondary N) is 1. The summed E-state index contributed by atoms with van der Waals surface area (Å²) >= 11 is 6.07. The molecule has 0 bridgehead atoms. The molecule has 0 amide bonds. The molecule has 1 aromatic carbocycles. The van der Waals surface area contributed by atoms with Gasteiger partial charge in [0.15, 0.2) is 5.96 Å². The SMILES string of the molecule is COc1ccc(NC(N)=NCc2cccc(N(C)C)n2)cc1Cl. The molecule has 0 spiro atoms. The largest absolute Gasteiger partial charge is 0.495 e. The highest BCUT2D eigenvalue weighted by Gasteiger charge is 2.03. The van der Waals surface area contributed by atoms with E-state index in [4.69, 9.17) is 22.1 Å². The van der Waals surface area contributed by atoms with Crippen molar-refractivity contribution in [1.82, 2.24) is 4.98 Å². The predicted octanol–water partition coefficient (Wildman–Crippen LogP) is 2.74. The first kappa shape index (κ1) is 16.9. The van der Waals surface area contributed by atoms with Crippen LogP contribution in [0.15, 0.2) is 41.4 Å². The van der Waals surface area contributed by atoms with Gasteiger partial charge in [0.25, 0.3) is 0 Å². The number of anilines is 2. The highest BCUT2D eigenvalue weighted by atomic mass is 35.5. The lowest BCUT2D eigenvalue weighted by Gasteiger charge is -2.11. The van der Waals surface area contributed by atoms with Gasteiger partial charge in [0.1, 0.15) is 11.6 Å². The molecular formula is C16H20ClN5O. The Kier molecular flexibility index (Phi) is 5.65.